The average molecular weight is 358 g/mol. The van der Waals surface area contributed by atoms with Crippen molar-refractivity contribution < 1.29 is 13.2 Å². The van der Waals surface area contributed by atoms with Gasteiger partial charge in [-0.2, -0.15) is 0 Å². The normalized spacial score (nSPS) is 11.0. The molecule has 2 aromatic rings. The number of hydrogen-bond donors (Lipinski definition) is 1. The Hall–Kier alpha value is -2.60. The molecule has 5 nitrogen and oxygen atoms in total. The van der Waals surface area contributed by atoms with Crippen LogP contribution in [0.4, 0.5) is 5.69 Å². The van der Waals surface area contributed by atoms with Crippen LogP contribution < -0.4 is 9.62 Å². The van der Waals surface area contributed by atoms with Crippen LogP contribution in [0.2, 0.25) is 0 Å². The SMILES string of the molecule is C=CCNC(=O)CN(c1cccc(C)c1)S(=O)(=O)c1ccc(C)cc1. The highest BCUT2D eigenvalue weighted by atomic mass is 32.2. The van der Waals surface area contributed by atoms with Crippen molar-refractivity contribution in [3.05, 3.63) is 72.3 Å². The summed E-state index contributed by atoms with van der Waals surface area (Å²) >= 11 is 0. The van der Waals surface area contributed by atoms with Crippen molar-refractivity contribution in [2.45, 2.75) is 18.7 Å². The fourth-order valence-electron chi connectivity index (χ4n) is 2.31. The Labute approximate surface area is 149 Å². The molecule has 2 aromatic carbocycles. The second kappa shape index (κ2) is 7.98. The first-order chi connectivity index (χ1) is 11.8. The van der Waals surface area contributed by atoms with Gasteiger partial charge in [-0.25, -0.2) is 8.42 Å². The summed E-state index contributed by atoms with van der Waals surface area (Å²) in [6, 6.07) is 13.6. The van der Waals surface area contributed by atoms with E-state index < -0.39 is 15.9 Å². The first-order valence-electron chi connectivity index (χ1n) is 7.88. The number of rotatable bonds is 7. The van der Waals surface area contributed by atoms with Crippen LogP contribution in [0, 0.1) is 13.8 Å². The number of aryl methyl sites for hydroxylation is 2. The molecule has 0 bridgehead atoms. The smallest absolute Gasteiger partial charge is 0.264 e. The molecular weight excluding hydrogens is 336 g/mol. The van der Waals surface area contributed by atoms with Crippen LogP contribution in [-0.2, 0) is 14.8 Å². The molecule has 25 heavy (non-hydrogen) atoms. The molecule has 132 valence electrons. The van der Waals surface area contributed by atoms with E-state index in [2.05, 4.69) is 11.9 Å². The minimum atomic E-state index is -3.86. The highest BCUT2D eigenvalue weighted by Crippen LogP contribution is 2.24. The summed E-state index contributed by atoms with van der Waals surface area (Å²) in [5.74, 6) is -0.392. The lowest BCUT2D eigenvalue weighted by Crippen LogP contribution is -2.41. The van der Waals surface area contributed by atoms with Gasteiger partial charge in [0.05, 0.1) is 10.6 Å². The van der Waals surface area contributed by atoms with Gasteiger partial charge in [0.2, 0.25) is 5.91 Å². The Morgan fingerprint density at radius 2 is 1.80 bits per heavy atom. The number of benzene rings is 2. The van der Waals surface area contributed by atoms with Gasteiger partial charge in [0.1, 0.15) is 6.54 Å². The van der Waals surface area contributed by atoms with Crippen molar-refractivity contribution >= 4 is 21.6 Å². The number of nitrogens with one attached hydrogen (secondary N) is 1. The zero-order valence-corrected chi connectivity index (χ0v) is 15.2. The van der Waals surface area contributed by atoms with Gasteiger partial charge in [-0.15, -0.1) is 6.58 Å². The van der Waals surface area contributed by atoms with Gasteiger partial charge in [0, 0.05) is 6.54 Å². The molecule has 1 amide bonds. The largest absolute Gasteiger partial charge is 0.351 e. The molecule has 0 fully saturated rings. The Bertz CT molecular complexity index is 858. The standard InChI is InChI=1S/C19H22N2O3S/c1-4-12-20-19(22)14-21(17-7-5-6-16(3)13-17)25(23,24)18-10-8-15(2)9-11-18/h4-11,13H,1,12,14H2,2-3H3,(H,20,22). The fourth-order valence-corrected chi connectivity index (χ4v) is 3.72. The lowest BCUT2D eigenvalue weighted by Gasteiger charge is -2.24. The Morgan fingerprint density at radius 1 is 1.12 bits per heavy atom. The Balaban J connectivity index is 2.44. The zero-order valence-electron chi connectivity index (χ0n) is 14.4. The van der Waals surface area contributed by atoms with Crippen LogP contribution in [0.5, 0.6) is 0 Å². The molecule has 2 rings (SSSR count). The molecule has 0 unspecified atom stereocenters. The van der Waals surface area contributed by atoms with Crippen molar-refractivity contribution in [2.75, 3.05) is 17.4 Å². The van der Waals surface area contributed by atoms with Gasteiger partial charge in [0.15, 0.2) is 0 Å². The summed E-state index contributed by atoms with van der Waals surface area (Å²) in [6.07, 6.45) is 1.55. The Morgan fingerprint density at radius 3 is 2.40 bits per heavy atom. The lowest BCUT2D eigenvalue weighted by molar-refractivity contribution is -0.119. The molecule has 0 saturated carbocycles. The van der Waals surface area contributed by atoms with Crippen LogP contribution in [0.15, 0.2) is 66.1 Å². The van der Waals surface area contributed by atoms with Gasteiger partial charge < -0.3 is 5.32 Å². The summed E-state index contributed by atoms with van der Waals surface area (Å²) < 4.78 is 27.3. The summed E-state index contributed by atoms with van der Waals surface area (Å²) in [7, 11) is -3.86. The Kier molecular flexibility index (Phi) is 5.98. The molecule has 1 N–H and O–H groups in total. The van der Waals surface area contributed by atoms with Gasteiger partial charge in [-0.05, 0) is 43.7 Å². The maximum Gasteiger partial charge on any atom is 0.264 e. The number of carbonyl (C=O) groups excluding carboxylic acids is 1. The van der Waals surface area contributed by atoms with E-state index in [9.17, 15) is 13.2 Å². The number of sulfonamides is 1. The second-order valence-electron chi connectivity index (χ2n) is 5.76. The van der Waals surface area contributed by atoms with E-state index in [4.69, 9.17) is 0 Å². The van der Waals surface area contributed by atoms with E-state index in [0.29, 0.717) is 5.69 Å². The zero-order chi connectivity index (χ0) is 18.4. The number of nitrogens with zero attached hydrogens (tertiary/aromatic N) is 1. The van der Waals surface area contributed by atoms with Crippen molar-refractivity contribution in [1.82, 2.24) is 5.32 Å². The van der Waals surface area contributed by atoms with Crippen LogP contribution in [0.3, 0.4) is 0 Å². The maximum absolute atomic E-state index is 13.1. The quantitative estimate of drug-likeness (QED) is 0.774. The van der Waals surface area contributed by atoms with E-state index in [0.717, 1.165) is 15.4 Å². The lowest BCUT2D eigenvalue weighted by atomic mass is 10.2. The molecule has 0 saturated heterocycles. The van der Waals surface area contributed by atoms with Crippen molar-refractivity contribution in [2.24, 2.45) is 0 Å². The summed E-state index contributed by atoms with van der Waals surface area (Å²) in [5.41, 5.74) is 2.33. The average Bonchev–Trinajstić information content (AvgIpc) is 2.58. The number of hydrogen-bond acceptors (Lipinski definition) is 3. The van der Waals surface area contributed by atoms with Crippen LogP contribution in [0.25, 0.3) is 0 Å². The first kappa shape index (κ1) is 18.7. The minimum absolute atomic E-state index is 0.149. The maximum atomic E-state index is 13.1. The predicted octanol–water partition coefficient (Wildman–Crippen LogP) is 2.80. The van der Waals surface area contributed by atoms with E-state index in [1.165, 1.54) is 0 Å². The highest BCUT2D eigenvalue weighted by Gasteiger charge is 2.27. The molecule has 6 heteroatoms. The van der Waals surface area contributed by atoms with Gasteiger partial charge in [0.25, 0.3) is 10.0 Å². The molecule has 0 aliphatic carbocycles. The monoisotopic (exact) mass is 358 g/mol. The van der Waals surface area contributed by atoms with E-state index >= 15 is 0 Å². The molecular formula is C19H22N2O3S. The third-order valence-electron chi connectivity index (χ3n) is 3.63. The van der Waals surface area contributed by atoms with Crippen molar-refractivity contribution in [1.29, 1.82) is 0 Å². The molecule has 0 atom stereocenters. The third-order valence-corrected chi connectivity index (χ3v) is 5.42. The fraction of sp³-hybridized carbons (Fsp3) is 0.211. The number of amides is 1. The molecule has 0 aromatic heterocycles. The second-order valence-corrected chi connectivity index (χ2v) is 7.62. The minimum Gasteiger partial charge on any atom is -0.351 e. The van der Waals surface area contributed by atoms with Crippen LogP contribution >= 0.6 is 0 Å². The third kappa shape index (κ3) is 4.70. The van der Waals surface area contributed by atoms with E-state index in [-0.39, 0.29) is 18.0 Å². The topological polar surface area (TPSA) is 66.5 Å². The summed E-state index contributed by atoms with van der Waals surface area (Å²) in [5, 5.41) is 2.62. The molecule has 0 aliphatic heterocycles. The highest BCUT2D eigenvalue weighted by molar-refractivity contribution is 7.92. The van der Waals surface area contributed by atoms with E-state index in [1.807, 2.05) is 19.9 Å². The van der Waals surface area contributed by atoms with Crippen molar-refractivity contribution in [3.8, 4) is 0 Å². The van der Waals surface area contributed by atoms with E-state index in [1.54, 1.807) is 48.5 Å². The van der Waals surface area contributed by atoms with Gasteiger partial charge >= 0.3 is 0 Å². The molecule has 0 aliphatic rings. The summed E-state index contributed by atoms with van der Waals surface area (Å²) in [4.78, 5) is 12.3. The summed E-state index contributed by atoms with van der Waals surface area (Å²) in [6.45, 7) is 7.28. The van der Waals surface area contributed by atoms with Crippen LogP contribution in [0.1, 0.15) is 11.1 Å². The molecule has 0 heterocycles. The van der Waals surface area contributed by atoms with Crippen LogP contribution in [-0.4, -0.2) is 27.4 Å². The van der Waals surface area contributed by atoms with Gasteiger partial charge in [-0.1, -0.05) is 35.9 Å². The number of carbonyl (C=O) groups is 1. The predicted molar refractivity (Wildman–Crippen MR) is 100 cm³/mol. The van der Waals surface area contributed by atoms with Crippen molar-refractivity contribution in [3.63, 3.8) is 0 Å². The number of anilines is 1. The van der Waals surface area contributed by atoms with Gasteiger partial charge in [-0.3, -0.25) is 9.10 Å². The molecule has 0 radical (unpaired) electrons. The first-order valence-corrected chi connectivity index (χ1v) is 9.32. The molecule has 0 spiro atoms.